The fraction of sp³-hybridized carbons (Fsp3) is 0.167. The number of carbonyl (C=O) groups is 1. The SMILES string of the molecule is Cn1ccnc1Sc1ccccc1NC(=O)CSc1ccc(C(F)(F)F)cn1. The first kappa shape index (κ1) is 20.3. The third kappa shape index (κ3) is 5.29. The molecule has 1 amide bonds. The summed E-state index contributed by atoms with van der Waals surface area (Å²) in [6.45, 7) is 0. The van der Waals surface area contributed by atoms with E-state index >= 15 is 0 Å². The van der Waals surface area contributed by atoms with Gasteiger partial charge < -0.3 is 9.88 Å². The number of rotatable bonds is 6. The lowest BCUT2D eigenvalue weighted by atomic mass is 10.3. The number of carbonyl (C=O) groups excluding carboxylic acids is 1. The van der Waals surface area contributed by atoms with Crippen LogP contribution in [0.25, 0.3) is 0 Å². The molecule has 3 rings (SSSR count). The number of amides is 1. The molecule has 3 aromatic rings. The lowest BCUT2D eigenvalue weighted by Gasteiger charge is -2.10. The number of hydrogen-bond acceptors (Lipinski definition) is 5. The van der Waals surface area contributed by atoms with E-state index in [4.69, 9.17) is 0 Å². The first-order valence-corrected chi connectivity index (χ1v) is 9.83. The Balaban J connectivity index is 1.60. The van der Waals surface area contributed by atoms with Crippen LogP contribution in [0.15, 0.2) is 70.1 Å². The Hall–Kier alpha value is -2.46. The summed E-state index contributed by atoms with van der Waals surface area (Å²) >= 11 is 2.49. The van der Waals surface area contributed by atoms with Gasteiger partial charge >= 0.3 is 6.18 Å². The van der Waals surface area contributed by atoms with Crippen LogP contribution in [0.3, 0.4) is 0 Å². The van der Waals surface area contributed by atoms with Crippen LogP contribution in [0.1, 0.15) is 5.56 Å². The van der Waals surface area contributed by atoms with Crippen molar-refractivity contribution in [3.63, 3.8) is 0 Å². The van der Waals surface area contributed by atoms with Gasteiger partial charge in [0.1, 0.15) is 0 Å². The van der Waals surface area contributed by atoms with E-state index < -0.39 is 11.7 Å². The number of nitrogens with one attached hydrogen (secondary N) is 1. The van der Waals surface area contributed by atoms with Crippen molar-refractivity contribution in [3.8, 4) is 0 Å². The molecule has 0 fully saturated rings. The summed E-state index contributed by atoms with van der Waals surface area (Å²) in [7, 11) is 1.88. The third-order valence-electron chi connectivity index (χ3n) is 3.55. The van der Waals surface area contributed by atoms with Crippen molar-refractivity contribution in [1.29, 1.82) is 0 Å². The van der Waals surface area contributed by atoms with E-state index in [1.807, 2.05) is 36.0 Å². The van der Waals surface area contributed by atoms with Crippen LogP contribution in [0, 0.1) is 0 Å². The zero-order chi connectivity index (χ0) is 20.1. The van der Waals surface area contributed by atoms with Gasteiger partial charge in [-0.3, -0.25) is 4.79 Å². The van der Waals surface area contributed by atoms with Crippen molar-refractivity contribution in [1.82, 2.24) is 14.5 Å². The van der Waals surface area contributed by atoms with Gasteiger partial charge in [-0.2, -0.15) is 13.2 Å². The Morgan fingerprint density at radius 2 is 1.96 bits per heavy atom. The Morgan fingerprint density at radius 1 is 1.18 bits per heavy atom. The maximum Gasteiger partial charge on any atom is 0.417 e. The molecule has 0 radical (unpaired) electrons. The van der Waals surface area contributed by atoms with Crippen molar-refractivity contribution in [2.45, 2.75) is 21.3 Å². The van der Waals surface area contributed by atoms with E-state index in [-0.39, 0.29) is 11.7 Å². The molecule has 10 heteroatoms. The van der Waals surface area contributed by atoms with Crippen LogP contribution in [-0.4, -0.2) is 26.2 Å². The molecule has 0 aliphatic carbocycles. The molecule has 1 N–H and O–H groups in total. The van der Waals surface area contributed by atoms with Gasteiger partial charge in [-0.05, 0) is 36.0 Å². The first-order valence-electron chi connectivity index (χ1n) is 8.03. The molecule has 0 aliphatic heterocycles. The molecule has 0 saturated heterocycles. The Morgan fingerprint density at radius 3 is 2.61 bits per heavy atom. The molecular formula is C18H15F3N4OS2. The fourth-order valence-corrected chi connectivity index (χ4v) is 3.70. The second-order valence-corrected chi connectivity index (χ2v) is 7.64. The molecule has 0 unspecified atom stereocenters. The normalized spacial score (nSPS) is 11.4. The minimum atomic E-state index is -4.43. The molecule has 0 spiro atoms. The van der Waals surface area contributed by atoms with Gasteiger partial charge in [-0.25, -0.2) is 9.97 Å². The minimum Gasteiger partial charge on any atom is -0.329 e. The Kier molecular flexibility index (Phi) is 6.30. The lowest BCUT2D eigenvalue weighted by molar-refractivity contribution is -0.137. The smallest absolute Gasteiger partial charge is 0.329 e. The summed E-state index contributed by atoms with van der Waals surface area (Å²) in [5.41, 5.74) is -0.178. The summed E-state index contributed by atoms with van der Waals surface area (Å²) in [5.74, 6) is -0.251. The molecule has 0 aliphatic rings. The number of pyridine rings is 1. The van der Waals surface area contributed by atoms with Crippen molar-refractivity contribution < 1.29 is 18.0 Å². The monoisotopic (exact) mass is 424 g/mol. The van der Waals surface area contributed by atoms with Crippen LogP contribution in [0.5, 0.6) is 0 Å². The number of alkyl halides is 3. The second kappa shape index (κ2) is 8.70. The molecule has 0 saturated carbocycles. The van der Waals surface area contributed by atoms with E-state index in [1.165, 1.54) is 17.8 Å². The van der Waals surface area contributed by atoms with Crippen LogP contribution < -0.4 is 5.32 Å². The second-order valence-electron chi connectivity index (χ2n) is 5.64. The fourth-order valence-electron chi connectivity index (χ4n) is 2.17. The number of hydrogen-bond donors (Lipinski definition) is 1. The number of thioether (sulfide) groups is 1. The van der Waals surface area contributed by atoms with Crippen LogP contribution in [-0.2, 0) is 18.0 Å². The van der Waals surface area contributed by atoms with Crippen molar-refractivity contribution in [2.24, 2.45) is 7.05 Å². The number of nitrogens with zero attached hydrogens (tertiary/aromatic N) is 3. The van der Waals surface area contributed by atoms with E-state index in [1.54, 1.807) is 12.3 Å². The van der Waals surface area contributed by atoms with Crippen molar-refractivity contribution >= 4 is 35.1 Å². The van der Waals surface area contributed by atoms with Crippen LogP contribution >= 0.6 is 23.5 Å². The topological polar surface area (TPSA) is 59.8 Å². The quantitative estimate of drug-likeness (QED) is 0.581. The van der Waals surface area contributed by atoms with E-state index in [2.05, 4.69) is 15.3 Å². The predicted molar refractivity (Wildman–Crippen MR) is 102 cm³/mol. The largest absolute Gasteiger partial charge is 0.417 e. The van der Waals surface area contributed by atoms with Crippen LogP contribution in [0.2, 0.25) is 0 Å². The molecule has 2 heterocycles. The summed E-state index contributed by atoms with van der Waals surface area (Å²) < 4.78 is 39.5. The molecule has 0 atom stereocenters. The van der Waals surface area contributed by atoms with E-state index in [9.17, 15) is 18.0 Å². The molecule has 0 bridgehead atoms. The van der Waals surface area contributed by atoms with Crippen molar-refractivity contribution in [2.75, 3.05) is 11.1 Å². The highest BCUT2D eigenvalue weighted by molar-refractivity contribution is 8.00. The first-order chi connectivity index (χ1) is 13.3. The minimum absolute atomic E-state index is 0.0275. The number of aryl methyl sites for hydroxylation is 1. The number of halogens is 3. The maximum absolute atomic E-state index is 12.6. The van der Waals surface area contributed by atoms with Crippen molar-refractivity contribution in [3.05, 3.63) is 60.6 Å². The number of benzene rings is 1. The Labute approximate surface area is 167 Å². The van der Waals surface area contributed by atoms with Gasteiger partial charge in [-0.15, -0.1) is 0 Å². The van der Waals surface area contributed by atoms with Gasteiger partial charge in [0.05, 0.1) is 22.0 Å². The summed E-state index contributed by atoms with van der Waals surface area (Å²) in [6.07, 6.45) is -0.143. The molecule has 28 heavy (non-hydrogen) atoms. The number of aromatic nitrogens is 3. The molecule has 1 aromatic carbocycles. The maximum atomic E-state index is 12.6. The average molecular weight is 424 g/mol. The highest BCUT2D eigenvalue weighted by atomic mass is 32.2. The lowest BCUT2D eigenvalue weighted by Crippen LogP contribution is -2.14. The van der Waals surface area contributed by atoms with Gasteiger partial charge in [0.2, 0.25) is 5.91 Å². The zero-order valence-corrected chi connectivity index (χ0v) is 16.2. The Bertz CT molecular complexity index is 958. The van der Waals surface area contributed by atoms with Gasteiger partial charge in [0, 0.05) is 30.5 Å². The number of para-hydroxylation sites is 1. The molecule has 146 valence electrons. The highest BCUT2D eigenvalue weighted by Crippen LogP contribution is 2.32. The van der Waals surface area contributed by atoms with Crippen LogP contribution in [0.4, 0.5) is 18.9 Å². The number of imidazole rings is 1. The van der Waals surface area contributed by atoms with E-state index in [0.29, 0.717) is 10.7 Å². The molecular weight excluding hydrogens is 409 g/mol. The summed E-state index contributed by atoms with van der Waals surface area (Å²) in [4.78, 5) is 21.1. The summed E-state index contributed by atoms with van der Waals surface area (Å²) in [5, 5.41) is 3.95. The molecule has 2 aromatic heterocycles. The summed E-state index contributed by atoms with van der Waals surface area (Å²) in [6, 6.07) is 9.53. The third-order valence-corrected chi connectivity index (χ3v) is 5.65. The molecule has 5 nitrogen and oxygen atoms in total. The van der Waals surface area contributed by atoms with Gasteiger partial charge in [-0.1, -0.05) is 23.9 Å². The average Bonchev–Trinajstić information content (AvgIpc) is 3.06. The predicted octanol–water partition coefficient (Wildman–Crippen LogP) is 4.72. The standard InChI is InChI=1S/C18H15F3N4OS2/c1-25-9-8-22-17(25)28-14-5-3-2-4-13(14)24-15(26)11-27-16-7-6-12(10-23-16)18(19,20)21/h2-10H,11H2,1H3,(H,24,26). The van der Waals surface area contributed by atoms with Gasteiger partial charge in [0.25, 0.3) is 0 Å². The van der Waals surface area contributed by atoms with Gasteiger partial charge in [0.15, 0.2) is 5.16 Å². The highest BCUT2D eigenvalue weighted by Gasteiger charge is 2.30. The number of anilines is 1. The van der Waals surface area contributed by atoms with E-state index in [0.717, 1.165) is 34.1 Å². The zero-order valence-electron chi connectivity index (χ0n) is 14.6.